The maximum atomic E-state index is 13.9. The second-order valence-electron chi connectivity index (χ2n) is 5.53. The molecule has 3 rings (SSSR count). The zero-order valence-electron chi connectivity index (χ0n) is 13.8. The number of imidazole rings is 1. The van der Waals surface area contributed by atoms with E-state index in [0.717, 1.165) is 18.2 Å². The minimum absolute atomic E-state index is 0.0766. The summed E-state index contributed by atoms with van der Waals surface area (Å²) in [5.41, 5.74) is -0.266. The number of benzene rings is 2. The molecular weight excluding hydrogens is 383 g/mol. The van der Waals surface area contributed by atoms with E-state index in [1.165, 1.54) is 36.0 Å². The van der Waals surface area contributed by atoms with Gasteiger partial charge in [0.2, 0.25) is 0 Å². The molecule has 27 heavy (non-hydrogen) atoms. The third-order valence-corrected chi connectivity index (χ3v) is 5.02. The van der Waals surface area contributed by atoms with Crippen molar-refractivity contribution in [2.45, 2.75) is 4.90 Å². The molecule has 0 bridgehead atoms. The molecule has 0 aliphatic rings. The van der Waals surface area contributed by atoms with Gasteiger partial charge in [-0.2, -0.15) is 0 Å². The molecule has 0 saturated heterocycles. The fourth-order valence-corrected chi connectivity index (χ4v) is 3.53. The molecule has 1 aromatic heterocycles. The van der Waals surface area contributed by atoms with Crippen LogP contribution in [0.3, 0.4) is 0 Å². The third kappa shape index (κ3) is 3.56. The van der Waals surface area contributed by atoms with Gasteiger partial charge >= 0.3 is 0 Å². The number of aromatic nitrogens is 2. The predicted molar refractivity (Wildman–Crippen MR) is 89.6 cm³/mol. The quantitative estimate of drug-likeness (QED) is 0.736. The largest absolute Gasteiger partial charge is 0.333 e. The zero-order chi connectivity index (χ0) is 19.8. The Morgan fingerprint density at radius 3 is 2.22 bits per heavy atom. The van der Waals surface area contributed by atoms with Gasteiger partial charge in [-0.15, -0.1) is 0 Å². The lowest BCUT2D eigenvalue weighted by Crippen LogP contribution is -2.32. The molecule has 0 saturated carbocycles. The molecule has 0 fully saturated rings. The predicted octanol–water partition coefficient (Wildman–Crippen LogP) is 2.62. The molecule has 2 aromatic carbocycles. The Balaban J connectivity index is 1.94. The first-order chi connectivity index (χ1) is 12.7. The highest BCUT2D eigenvalue weighted by atomic mass is 32.2. The minimum atomic E-state index is -4.82. The van der Waals surface area contributed by atoms with Gasteiger partial charge in [0.15, 0.2) is 4.90 Å². The smallest absolute Gasteiger partial charge is 0.285 e. The Bertz CT molecular complexity index is 1120. The first-order valence-electron chi connectivity index (χ1n) is 7.50. The van der Waals surface area contributed by atoms with Gasteiger partial charge in [-0.25, -0.2) is 31.3 Å². The van der Waals surface area contributed by atoms with Crippen LogP contribution in [0.2, 0.25) is 0 Å². The van der Waals surface area contributed by atoms with Gasteiger partial charge in [-0.05, 0) is 24.3 Å². The first kappa shape index (κ1) is 18.6. The third-order valence-electron chi connectivity index (χ3n) is 3.64. The first-order valence-corrected chi connectivity index (χ1v) is 8.98. The van der Waals surface area contributed by atoms with Gasteiger partial charge in [-0.3, -0.25) is 4.79 Å². The van der Waals surface area contributed by atoms with Crippen molar-refractivity contribution >= 4 is 15.9 Å². The Kier molecular flexibility index (Phi) is 4.75. The Hall–Kier alpha value is -3.14. The molecule has 1 amide bonds. The van der Waals surface area contributed by atoms with E-state index >= 15 is 0 Å². The summed E-state index contributed by atoms with van der Waals surface area (Å²) in [4.78, 5) is 14.9. The number of nitrogens with one attached hydrogen (secondary N) is 1. The number of aryl methyl sites for hydroxylation is 1. The second-order valence-corrected chi connectivity index (χ2v) is 7.15. The summed E-state index contributed by atoms with van der Waals surface area (Å²) in [5.74, 6) is -4.41. The Morgan fingerprint density at radius 1 is 1.00 bits per heavy atom. The van der Waals surface area contributed by atoms with E-state index in [4.69, 9.17) is 0 Å². The molecule has 1 heterocycles. The van der Waals surface area contributed by atoms with Crippen LogP contribution in [0.25, 0.3) is 11.4 Å². The number of hydrogen-bond donors (Lipinski definition) is 1. The molecular formula is C17H12F3N3O3S. The molecule has 0 radical (unpaired) electrons. The number of hydrogen-bond acceptors (Lipinski definition) is 4. The van der Waals surface area contributed by atoms with Crippen molar-refractivity contribution in [1.82, 2.24) is 14.3 Å². The van der Waals surface area contributed by atoms with E-state index in [0.29, 0.717) is 0 Å². The zero-order valence-corrected chi connectivity index (χ0v) is 14.6. The average molecular weight is 395 g/mol. The second kappa shape index (κ2) is 6.88. The van der Waals surface area contributed by atoms with E-state index < -0.39 is 38.3 Å². The molecule has 0 aliphatic heterocycles. The summed E-state index contributed by atoms with van der Waals surface area (Å²) in [7, 11) is -3.34. The van der Waals surface area contributed by atoms with Crippen LogP contribution in [0.1, 0.15) is 10.5 Å². The maximum absolute atomic E-state index is 13.9. The van der Waals surface area contributed by atoms with Crippen LogP contribution >= 0.6 is 0 Å². The maximum Gasteiger partial charge on any atom is 0.285 e. The number of sulfonamides is 1. The topological polar surface area (TPSA) is 81.1 Å². The minimum Gasteiger partial charge on any atom is -0.333 e. The van der Waals surface area contributed by atoms with E-state index in [-0.39, 0.29) is 17.1 Å². The highest BCUT2D eigenvalue weighted by Crippen LogP contribution is 2.22. The van der Waals surface area contributed by atoms with Crippen molar-refractivity contribution in [2.24, 2.45) is 7.05 Å². The fraction of sp³-hybridized carbons (Fsp3) is 0.0588. The van der Waals surface area contributed by atoms with Crippen molar-refractivity contribution < 1.29 is 26.4 Å². The lowest BCUT2D eigenvalue weighted by atomic mass is 10.2. The number of halogens is 3. The molecule has 10 heteroatoms. The van der Waals surface area contributed by atoms with Crippen LogP contribution in [0.15, 0.2) is 53.6 Å². The molecule has 0 aliphatic carbocycles. The number of nitrogens with zero attached hydrogens (tertiary/aromatic N) is 2. The number of carbonyl (C=O) groups is 1. The van der Waals surface area contributed by atoms with E-state index in [2.05, 4.69) is 4.98 Å². The Labute approximate surface area is 152 Å². The lowest BCUT2D eigenvalue weighted by molar-refractivity contribution is 0.0977. The monoisotopic (exact) mass is 395 g/mol. The van der Waals surface area contributed by atoms with Crippen molar-refractivity contribution in [3.63, 3.8) is 0 Å². The van der Waals surface area contributed by atoms with Gasteiger partial charge in [0.25, 0.3) is 15.9 Å². The summed E-state index contributed by atoms with van der Waals surface area (Å²) < 4.78 is 68.5. The molecule has 3 aromatic rings. The van der Waals surface area contributed by atoms with Crippen molar-refractivity contribution in [3.05, 3.63) is 71.8 Å². The van der Waals surface area contributed by atoms with Crippen LogP contribution in [0.4, 0.5) is 13.2 Å². The number of rotatable bonds is 4. The van der Waals surface area contributed by atoms with Crippen LogP contribution < -0.4 is 4.72 Å². The van der Waals surface area contributed by atoms with Gasteiger partial charge in [0.05, 0.1) is 5.56 Å². The number of carbonyl (C=O) groups excluding carboxylic acids is 1. The van der Waals surface area contributed by atoms with Gasteiger partial charge in [0.1, 0.15) is 29.0 Å². The van der Waals surface area contributed by atoms with Crippen molar-refractivity contribution in [3.8, 4) is 11.4 Å². The fourth-order valence-electron chi connectivity index (χ4n) is 2.43. The summed E-state index contributed by atoms with van der Waals surface area (Å²) >= 11 is 0. The molecule has 0 atom stereocenters. The Morgan fingerprint density at radius 2 is 1.59 bits per heavy atom. The molecule has 0 unspecified atom stereocenters. The molecule has 140 valence electrons. The van der Waals surface area contributed by atoms with E-state index in [9.17, 15) is 26.4 Å². The van der Waals surface area contributed by atoms with Crippen LogP contribution in [-0.4, -0.2) is 23.9 Å². The van der Waals surface area contributed by atoms with Crippen molar-refractivity contribution in [1.29, 1.82) is 0 Å². The van der Waals surface area contributed by atoms with E-state index in [1.54, 1.807) is 10.8 Å². The van der Waals surface area contributed by atoms with E-state index in [1.807, 2.05) is 0 Å². The van der Waals surface area contributed by atoms with Crippen molar-refractivity contribution in [2.75, 3.05) is 0 Å². The van der Waals surface area contributed by atoms with Gasteiger partial charge < -0.3 is 4.57 Å². The molecule has 6 nitrogen and oxygen atoms in total. The molecule has 1 N–H and O–H groups in total. The standard InChI is InChI=1S/C17H12F3N3O3S/c1-23-9-14(21-16(23)10-5-2-3-6-11(10)18)17(24)22-27(25,26)15-12(19)7-4-8-13(15)20/h2-9H,1H3,(H,22,24). The summed E-state index contributed by atoms with van der Waals surface area (Å²) in [6, 6.07) is 8.17. The highest BCUT2D eigenvalue weighted by Gasteiger charge is 2.27. The normalized spacial score (nSPS) is 11.4. The average Bonchev–Trinajstić information content (AvgIpc) is 2.96. The highest BCUT2D eigenvalue weighted by molar-refractivity contribution is 7.90. The van der Waals surface area contributed by atoms with Gasteiger partial charge in [0, 0.05) is 13.2 Å². The van der Waals surface area contributed by atoms with Crippen LogP contribution in [0.5, 0.6) is 0 Å². The summed E-state index contributed by atoms with van der Waals surface area (Å²) in [6.45, 7) is 0. The molecule has 0 spiro atoms. The van der Waals surface area contributed by atoms with Crippen LogP contribution in [-0.2, 0) is 17.1 Å². The van der Waals surface area contributed by atoms with Gasteiger partial charge in [-0.1, -0.05) is 18.2 Å². The lowest BCUT2D eigenvalue weighted by Gasteiger charge is -2.07. The summed E-state index contributed by atoms with van der Waals surface area (Å²) in [6.07, 6.45) is 1.17. The summed E-state index contributed by atoms with van der Waals surface area (Å²) in [5, 5.41) is 0. The van der Waals surface area contributed by atoms with Crippen LogP contribution in [0, 0.1) is 17.5 Å². The number of amides is 1. The SMILES string of the molecule is Cn1cc(C(=O)NS(=O)(=O)c2c(F)cccc2F)nc1-c1ccccc1F.